The van der Waals surface area contributed by atoms with Crippen LogP contribution in [0.25, 0.3) is 21.5 Å². The molecule has 0 fully saturated rings. The first kappa shape index (κ1) is 34.9. The van der Waals surface area contributed by atoms with Crippen molar-refractivity contribution in [3.8, 4) is 0 Å². The van der Waals surface area contributed by atoms with Gasteiger partial charge in [0.25, 0.3) is 0 Å². The Bertz CT molecular complexity index is 1020. The van der Waals surface area contributed by atoms with E-state index in [1.165, 1.54) is 71.9 Å². The minimum atomic E-state index is 0. The average molecular weight is 622 g/mol. The third-order valence-corrected chi connectivity index (χ3v) is 12.2. The van der Waals surface area contributed by atoms with E-state index in [1.807, 2.05) is 19.1 Å². The van der Waals surface area contributed by atoms with Crippen molar-refractivity contribution in [1.82, 2.24) is 0 Å². The Labute approximate surface area is 255 Å². The summed E-state index contributed by atoms with van der Waals surface area (Å²) in [5.74, 6) is 0. The molecule has 0 atom stereocenters. The van der Waals surface area contributed by atoms with Crippen LogP contribution in [-0.2, 0) is 26.2 Å². The first-order valence-corrected chi connectivity index (χ1v) is 17.6. The molecule has 0 N–H and O–H groups in total. The minimum Gasteiger partial charge on any atom is -0.161 e. The SMILES string of the molecule is C=C/C=C/C.CCCP(CCC)c1cc2ccccc2[cH-]1.CCCP(CCC)c1cc2ccccc2[cH-]1.[Zr+2]. The molecule has 0 nitrogen and oxygen atoms in total. The van der Waals surface area contributed by atoms with Crippen molar-refractivity contribution in [3.05, 3.63) is 97.6 Å². The van der Waals surface area contributed by atoms with Crippen LogP contribution in [0.1, 0.15) is 60.3 Å². The van der Waals surface area contributed by atoms with Crippen molar-refractivity contribution >= 4 is 48.0 Å². The van der Waals surface area contributed by atoms with Crippen LogP contribution in [0.3, 0.4) is 0 Å². The quantitative estimate of drug-likeness (QED) is 0.0888. The summed E-state index contributed by atoms with van der Waals surface area (Å²) in [7, 11) is 0.194. The van der Waals surface area contributed by atoms with E-state index in [4.69, 9.17) is 0 Å². The Kier molecular flexibility index (Phi) is 19.1. The maximum Gasteiger partial charge on any atom is 2.00 e. The van der Waals surface area contributed by atoms with E-state index >= 15 is 0 Å². The molecule has 38 heavy (non-hydrogen) atoms. The number of hydrogen-bond acceptors (Lipinski definition) is 0. The number of benzene rings is 2. The third-order valence-electron chi connectivity index (χ3n) is 6.24. The molecule has 0 radical (unpaired) electrons. The topological polar surface area (TPSA) is 0 Å². The molecule has 4 aromatic carbocycles. The molecule has 4 aromatic rings. The summed E-state index contributed by atoms with van der Waals surface area (Å²) < 4.78 is 0. The first-order valence-electron chi connectivity index (χ1n) is 14.2. The van der Waals surface area contributed by atoms with Crippen LogP contribution in [0.4, 0.5) is 0 Å². The summed E-state index contributed by atoms with van der Waals surface area (Å²) in [6.45, 7) is 14.6. The van der Waals surface area contributed by atoms with Gasteiger partial charge in [0.2, 0.25) is 0 Å². The van der Waals surface area contributed by atoms with Crippen molar-refractivity contribution in [3.63, 3.8) is 0 Å². The fraction of sp³-hybridized carbons (Fsp3) is 0.371. The molecule has 202 valence electrons. The number of rotatable bonds is 11. The summed E-state index contributed by atoms with van der Waals surface area (Å²) in [4.78, 5) is 0. The van der Waals surface area contributed by atoms with Crippen LogP contribution in [0, 0.1) is 0 Å². The van der Waals surface area contributed by atoms with Crippen molar-refractivity contribution in [1.29, 1.82) is 0 Å². The van der Waals surface area contributed by atoms with E-state index in [0.717, 1.165) is 0 Å². The van der Waals surface area contributed by atoms with Crippen molar-refractivity contribution < 1.29 is 26.2 Å². The Hall–Kier alpha value is -1.12. The smallest absolute Gasteiger partial charge is 0.161 e. The van der Waals surface area contributed by atoms with Gasteiger partial charge in [0, 0.05) is 0 Å². The Morgan fingerprint density at radius 1 is 0.658 bits per heavy atom. The van der Waals surface area contributed by atoms with Gasteiger partial charge in [0.15, 0.2) is 0 Å². The molecular weight excluding hydrogens is 574 g/mol. The van der Waals surface area contributed by atoms with Crippen LogP contribution < -0.4 is 10.6 Å². The van der Waals surface area contributed by atoms with Gasteiger partial charge in [-0.25, -0.2) is 0 Å². The molecule has 0 spiro atoms. The van der Waals surface area contributed by atoms with Gasteiger partial charge in [-0.05, 0) is 31.6 Å². The predicted octanol–water partition coefficient (Wildman–Crippen LogP) is 10.7. The fourth-order valence-electron chi connectivity index (χ4n) is 4.59. The summed E-state index contributed by atoms with van der Waals surface area (Å²) in [5.41, 5.74) is 0. The van der Waals surface area contributed by atoms with Crippen LogP contribution in [0.15, 0.2) is 97.6 Å². The Morgan fingerprint density at radius 3 is 1.29 bits per heavy atom. The molecular formula is C35H48P2Zr. The molecule has 0 aliphatic heterocycles. The molecule has 4 rings (SSSR count). The van der Waals surface area contributed by atoms with Crippen LogP contribution in [-0.4, -0.2) is 24.6 Å². The normalized spacial score (nSPS) is 10.8. The molecule has 0 unspecified atom stereocenters. The largest absolute Gasteiger partial charge is 2.00 e. The first-order chi connectivity index (χ1) is 18.1. The zero-order chi connectivity index (χ0) is 26.9. The molecule has 3 heteroatoms. The summed E-state index contributed by atoms with van der Waals surface area (Å²) in [5, 5.41) is 8.88. The van der Waals surface area contributed by atoms with Crippen LogP contribution in [0.2, 0.25) is 0 Å². The second-order valence-corrected chi connectivity index (χ2v) is 14.4. The molecule has 0 aromatic heterocycles. The molecule has 0 aliphatic rings. The monoisotopic (exact) mass is 620 g/mol. The molecule has 0 bridgehead atoms. The fourth-order valence-corrected chi connectivity index (χ4v) is 9.52. The molecule has 0 amide bonds. The molecule has 0 aliphatic carbocycles. The maximum atomic E-state index is 3.46. The van der Waals surface area contributed by atoms with E-state index in [2.05, 4.69) is 107 Å². The van der Waals surface area contributed by atoms with Gasteiger partial charge in [-0.3, -0.25) is 0 Å². The number of allylic oxidation sites excluding steroid dienone is 3. The van der Waals surface area contributed by atoms with Crippen molar-refractivity contribution in [2.45, 2.75) is 60.3 Å². The standard InChI is InChI=1S/2C15H20P.C5H8.Zr/c2*1-3-9-16(10-4-2)15-11-13-7-5-6-8-14(13)12-15;1-3-5-4-2;/h2*5-8,11-12H,3-4,9-10H2,1-2H3;3-5H,1H2,2H3;/q2*-1;;+2/b;;5-4+;. The van der Waals surface area contributed by atoms with E-state index < -0.39 is 0 Å². The van der Waals surface area contributed by atoms with E-state index in [0.29, 0.717) is 0 Å². The van der Waals surface area contributed by atoms with Gasteiger partial charge in [0.05, 0.1) is 0 Å². The van der Waals surface area contributed by atoms with Gasteiger partial charge in [-0.2, -0.15) is 12.1 Å². The van der Waals surface area contributed by atoms with E-state index in [1.54, 1.807) is 16.7 Å². The Morgan fingerprint density at radius 2 is 1.03 bits per heavy atom. The zero-order valence-corrected chi connectivity index (χ0v) is 28.7. The van der Waals surface area contributed by atoms with Gasteiger partial charge in [0.1, 0.15) is 0 Å². The van der Waals surface area contributed by atoms with Gasteiger partial charge in [-0.15, -0.1) is 80.7 Å². The maximum absolute atomic E-state index is 3.46. The number of fused-ring (bicyclic) bond motifs is 2. The second-order valence-electron chi connectivity index (χ2n) is 9.42. The Balaban J connectivity index is 0.000000317. The van der Waals surface area contributed by atoms with Gasteiger partial charge < -0.3 is 0 Å². The van der Waals surface area contributed by atoms with Crippen LogP contribution >= 0.6 is 15.8 Å². The van der Waals surface area contributed by atoms with Gasteiger partial charge >= 0.3 is 26.2 Å². The van der Waals surface area contributed by atoms with Gasteiger partial charge in [-0.1, -0.05) is 106 Å². The third kappa shape index (κ3) is 11.6. The predicted molar refractivity (Wildman–Crippen MR) is 178 cm³/mol. The number of hydrogen-bond donors (Lipinski definition) is 0. The zero-order valence-electron chi connectivity index (χ0n) is 24.4. The van der Waals surface area contributed by atoms with Crippen molar-refractivity contribution in [2.75, 3.05) is 24.6 Å². The van der Waals surface area contributed by atoms with E-state index in [9.17, 15) is 0 Å². The molecule has 0 heterocycles. The summed E-state index contributed by atoms with van der Waals surface area (Å²) >= 11 is 0. The average Bonchev–Trinajstić information content (AvgIpc) is 3.54. The second kappa shape index (κ2) is 20.7. The van der Waals surface area contributed by atoms with E-state index in [-0.39, 0.29) is 42.0 Å². The molecule has 0 saturated heterocycles. The minimum absolute atomic E-state index is 0. The summed E-state index contributed by atoms with van der Waals surface area (Å²) in [6, 6.07) is 27.1. The van der Waals surface area contributed by atoms with Crippen molar-refractivity contribution in [2.24, 2.45) is 0 Å². The van der Waals surface area contributed by atoms with Crippen LogP contribution in [0.5, 0.6) is 0 Å². The molecule has 0 saturated carbocycles. The summed E-state index contributed by atoms with van der Waals surface area (Å²) in [6.07, 6.45) is 16.4.